The van der Waals surface area contributed by atoms with Crippen molar-refractivity contribution in [2.45, 2.75) is 6.42 Å². The molecule has 1 atom stereocenters. The first-order chi connectivity index (χ1) is 15.5. The second kappa shape index (κ2) is 10.0. The van der Waals surface area contributed by atoms with E-state index in [-0.39, 0.29) is 19.1 Å². The molecule has 0 unspecified atom stereocenters. The van der Waals surface area contributed by atoms with Crippen molar-refractivity contribution in [3.63, 3.8) is 0 Å². The molecule has 0 bridgehead atoms. The molecule has 8 nitrogen and oxygen atoms in total. The molecule has 8 heteroatoms. The Labute approximate surface area is 187 Å². The van der Waals surface area contributed by atoms with Crippen LogP contribution in [0.3, 0.4) is 0 Å². The van der Waals surface area contributed by atoms with Gasteiger partial charge < -0.3 is 38.6 Å². The third-order valence-corrected chi connectivity index (χ3v) is 5.76. The van der Waals surface area contributed by atoms with Crippen molar-refractivity contribution in [3.05, 3.63) is 28.8 Å². The fraction of sp³-hybridized carbons (Fsp3) is 0.417. The molecule has 0 fully saturated rings. The summed E-state index contributed by atoms with van der Waals surface area (Å²) in [6, 6.07) is 3.67. The van der Waals surface area contributed by atoms with Gasteiger partial charge >= 0.3 is 0 Å². The van der Waals surface area contributed by atoms with E-state index in [4.69, 9.17) is 28.4 Å². The maximum absolute atomic E-state index is 10.1. The standard InChI is InChI=1S/C24H30O8/c1-27-17-9-13-7-15(11-25)16(12-26)8-14-10-18(28-2)22(30-4)24(32-6)20(14)19(13)23(31-5)21(17)29-3/h7,9-10,16,25-26H,8,11-12H2,1-6H3/b15-7-/t16-/m1/s1. The second-order valence-electron chi connectivity index (χ2n) is 7.25. The highest BCUT2D eigenvalue weighted by molar-refractivity contribution is 5.92. The van der Waals surface area contributed by atoms with Crippen LogP contribution in [0.25, 0.3) is 17.2 Å². The lowest BCUT2D eigenvalue weighted by Crippen LogP contribution is -2.18. The number of fused-ring (bicyclic) bond motifs is 3. The minimum atomic E-state index is -0.311. The molecule has 3 rings (SSSR count). The topological polar surface area (TPSA) is 95.8 Å². The Bertz CT molecular complexity index is 1010. The van der Waals surface area contributed by atoms with Gasteiger partial charge in [0, 0.05) is 17.0 Å². The summed E-state index contributed by atoms with van der Waals surface area (Å²) < 4.78 is 34.0. The Morgan fingerprint density at radius 2 is 1.25 bits per heavy atom. The van der Waals surface area contributed by atoms with Crippen LogP contribution in [-0.4, -0.2) is 66.1 Å². The number of hydrogen-bond acceptors (Lipinski definition) is 8. The number of hydrogen-bond donors (Lipinski definition) is 2. The lowest BCUT2D eigenvalue weighted by Gasteiger charge is -2.28. The minimum absolute atomic E-state index is 0.137. The molecule has 0 heterocycles. The smallest absolute Gasteiger partial charge is 0.203 e. The zero-order valence-corrected chi connectivity index (χ0v) is 19.3. The summed E-state index contributed by atoms with van der Waals surface area (Å²) in [5.74, 6) is 2.43. The van der Waals surface area contributed by atoms with Gasteiger partial charge in [0.2, 0.25) is 11.5 Å². The van der Waals surface area contributed by atoms with Crippen LogP contribution < -0.4 is 28.4 Å². The van der Waals surface area contributed by atoms with Crippen LogP contribution in [0.2, 0.25) is 0 Å². The largest absolute Gasteiger partial charge is 0.493 e. The number of aliphatic hydroxyl groups is 2. The first-order valence-electron chi connectivity index (χ1n) is 10.1. The summed E-state index contributed by atoms with van der Waals surface area (Å²) in [5.41, 5.74) is 3.66. The predicted molar refractivity (Wildman–Crippen MR) is 121 cm³/mol. The number of rotatable bonds is 8. The zero-order valence-electron chi connectivity index (χ0n) is 19.3. The summed E-state index contributed by atoms with van der Waals surface area (Å²) in [4.78, 5) is 0. The number of methoxy groups -OCH3 is 6. The first kappa shape index (κ1) is 23.6. The quantitative estimate of drug-likeness (QED) is 0.639. The van der Waals surface area contributed by atoms with Crippen molar-refractivity contribution in [3.8, 4) is 45.6 Å². The van der Waals surface area contributed by atoms with Gasteiger partial charge in [0.15, 0.2) is 23.0 Å². The average Bonchev–Trinajstić information content (AvgIpc) is 2.82. The lowest BCUT2D eigenvalue weighted by molar-refractivity contribution is 0.227. The highest BCUT2D eigenvalue weighted by atomic mass is 16.5. The van der Waals surface area contributed by atoms with Crippen molar-refractivity contribution in [1.29, 1.82) is 0 Å². The van der Waals surface area contributed by atoms with E-state index in [0.29, 0.717) is 57.6 Å². The van der Waals surface area contributed by atoms with Gasteiger partial charge in [-0.1, -0.05) is 6.08 Å². The molecule has 174 valence electrons. The molecule has 2 aromatic carbocycles. The third kappa shape index (κ3) is 3.80. The molecular weight excluding hydrogens is 416 g/mol. The van der Waals surface area contributed by atoms with E-state index in [1.807, 2.05) is 18.2 Å². The monoisotopic (exact) mass is 446 g/mol. The first-order valence-corrected chi connectivity index (χ1v) is 10.1. The zero-order chi connectivity index (χ0) is 23.4. The molecule has 0 amide bonds. The van der Waals surface area contributed by atoms with Gasteiger partial charge in [-0.05, 0) is 35.3 Å². The molecule has 0 spiro atoms. The van der Waals surface area contributed by atoms with Crippen LogP contribution in [0.15, 0.2) is 17.7 Å². The van der Waals surface area contributed by atoms with E-state index >= 15 is 0 Å². The predicted octanol–water partition coefficient (Wildman–Crippen LogP) is 2.95. The highest BCUT2D eigenvalue weighted by Crippen LogP contribution is 2.55. The van der Waals surface area contributed by atoms with Crippen LogP contribution in [-0.2, 0) is 6.42 Å². The maximum atomic E-state index is 10.1. The Kier molecular flexibility index (Phi) is 7.37. The Morgan fingerprint density at radius 1 is 0.719 bits per heavy atom. The normalized spacial score (nSPS) is 16.5. The van der Waals surface area contributed by atoms with E-state index in [1.54, 1.807) is 42.7 Å². The molecule has 32 heavy (non-hydrogen) atoms. The molecule has 0 radical (unpaired) electrons. The summed E-state index contributed by atoms with van der Waals surface area (Å²) in [5, 5.41) is 20.2. The average molecular weight is 446 g/mol. The Hall–Kier alpha value is -3.10. The molecule has 0 saturated carbocycles. The fourth-order valence-electron chi connectivity index (χ4n) is 4.26. The molecule has 0 aliphatic heterocycles. The van der Waals surface area contributed by atoms with Crippen molar-refractivity contribution < 1.29 is 38.6 Å². The van der Waals surface area contributed by atoms with Crippen LogP contribution in [0.1, 0.15) is 11.1 Å². The van der Waals surface area contributed by atoms with Crippen LogP contribution in [0.5, 0.6) is 34.5 Å². The van der Waals surface area contributed by atoms with E-state index in [9.17, 15) is 10.2 Å². The SMILES string of the molecule is COc1cc2c(c(OC)c1OC)-c1c(cc(OC)c(OC)c1OC)C[C@H](CO)/C(CO)=C\2. The van der Waals surface area contributed by atoms with Crippen LogP contribution in [0.4, 0.5) is 0 Å². The van der Waals surface area contributed by atoms with E-state index in [1.165, 1.54) is 0 Å². The second-order valence-corrected chi connectivity index (χ2v) is 7.25. The van der Waals surface area contributed by atoms with Gasteiger partial charge in [0.05, 0.1) is 55.9 Å². The van der Waals surface area contributed by atoms with Crippen LogP contribution >= 0.6 is 0 Å². The molecule has 1 aliphatic rings. The number of ether oxygens (including phenoxy) is 6. The summed E-state index contributed by atoms with van der Waals surface area (Å²) in [6.45, 7) is -0.344. The van der Waals surface area contributed by atoms with Gasteiger partial charge in [-0.25, -0.2) is 0 Å². The number of benzene rings is 2. The van der Waals surface area contributed by atoms with Crippen molar-refractivity contribution in [1.82, 2.24) is 0 Å². The van der Waals surface area contributed by atoms with Gasteiger partial charge in [-0.3, -0.25) is 0 Å². The summed E-state index contributed by atoms with van der Waals surface area (Å²) in [7, 11) is 9.29. The van der Waals surface area contributed by atoms with E-state index in [2.05, 4.69) is 0 Å². The van der Waals surface area contributed by atoms with Gasteiger partial charge in [-0.15, -0.1) is 0 Å². The van der Waals surface area contributed by atoms with E-state index < -0.39 is 0 Å². The molecular formula is C24H30O8. The van der Waals surface area contributed by atoms with Crippen molar-refractivity contribution in [2.75, 3.05) is 55.9 Å². The van der Waals surface area contributed by atoms with Gasteiger partial charge in [0.1, 0.15) is 0 Å². The van der Waals surface area contributed by atoms with Crippen LogP contribution in [0, 0.1) is 5.92 Å². The Balaban J connectivity index is 2.57. The lowest BCUT2D eigenvalue weighted by atomic mass is 9.82. The molecule has 0 aromatic heterocycles. The highest BCUT2D eigenvalue weighted by Gasteiger charge is 2.32. The fourth-order valence-corrected chi connectivity index (χ4v) is 4.26. The van der Waals surface area contributed by atoms with Gasteiger partial charge in [0.25, 0.3) is 0 Å². The van der Waals surface area contributed by atoms with E-state index in [0.717, 1.165) is 11.1 Å². The van der Waals surface area contributed by atoms with Gasteiger partial charge in [-0.2, -0.15) is 0 Å². The van der Waals surface area contributed by atoms with Crippen molar-refractivity contribution >= 4 is 6.08 Å². The molecule has 2 N–H and O–H groups in total. The summed E-state index contributed by atoms with van der Waals surface area (Å²) in [6.07, 6.45) is 2.28. The molecule has 0 saturated heterocycles. The van der Waals surface area contributed by atoms with Crippen molar-refractivity contribution in [2.24, 2.45) is 5.92 Å². The Morgan fingerprint density at radius 3 is 1.72 bits per heavy atom. The third-order valence-electron chi connectivity index (χ3n) is 5.76. The summed E-state index contributed by atoms with van der Waals surface area (Å²) >= 11 is 0. The number of aliphatic hydroxyl groups excluding tert-OH is 2. The maximum Gasteiger partial charge on any atom is 0.203 e. The minimum Gasteiger partial charge on any atom is -0.493 e. The molecule has 1 aliphatic carbocycles. The molecule has 2 aromatic rings.